The molecule has 130 valence electrons. The van der Waals surface area contributed by atoms with E-state index in [9.17, 15) is 4.79 Å². The molecular weight excluding hydrogens is 443 g/mol. The minimum absolute atomic E-state index is 0.432. The molecule has 0 saturated carbocycles. The van der Waals surface area contributed by atoms with Crippen LogP contribution < -0.4 is 9.16 Å². The number of hydrogen-bond donors (Lipinski definition) is 0. The van der Waals surface area contributed by atoms with Crippen LogP contribution in [0.5, 0.6) is 11.5 Å². The van der Waals surface area contributed by atoms with E-state index in [0.717, 1.165) is 3.57 Å². The third-order valence-corrected chi connectivity index (χ3v) is 11.5. The molecule has 0 atom stereocenters. The lowest BCUT2D eigenvalue weighted by Crippen LogP contribution is -2.50. The molecule has 23 heavy (non-hydrogen) atoms. The quantitative estimate of drug-likeness (QED) is 0.270. The van der Waals surface area contributed by atoms with Gasteiger partial charge in [-0.25, -0.2) is 0 Å². The zero-order chi connectivity index (χ0) is 17.9. The van der Waals surface area contributed by atoms with Crippen LogP contribution in [0, 0.1) is 3.57 Å². The average molecular weight is 469 g/mol. The van der Waals surface area contributed by atoms with Crippen LogP contribution in [0.3, 0.4) is 0 Å². The molecule has 0 aromatic heterocycles. The van der Waals surface area contributed by atoms with Gasteiger partial charge in [-0.15, -0.1) is 0 Å². The number of hydrogen-bond acceptors (Lipinski definition) is 3. The highest BCUT2D eigenvalue weighted by molar-refractivity contribution is 14.1. The van der Waals surface area contributed by atoms with Crippen LogP contribution in [-0.4, -0.2) is 20.7 Å². The topological polar surface area (TPSA) is 35.5 Å². The van der Waals surface area contributed by atoms with Gasteiger partial charge in [-0.2, -0.15) is 0 Å². The van der Waals surface area contributed by atoms with Crippen LogP contribution in [0.15, 0.2) is 12.1 Å². The molecule has 1 aromatic rings. The molecule has 1 rings (SSSR count). The van der Waals surface area contributed by atoms with Gasteiger partial charge in [0.2, 0.25) is 0 Å². The number of benzene rings is 1. The summed E-state index contributed by atoms with van der Waals surface area (Å²) in [6, 6.07) is 3.54. The van der Waals surface area contributed by atoms with Gasteiger partial charge in [0.05, 0.1) is 12.7 Å². The second-order valence-electron chi connectivity index (χ2n) is 6.68. The monoisotopic (exact) mass is 468 g/mol. The summed E-state index contributed by atoms with van der Waals surface area (Å²) in [4.78, 5) is 11.7. The summed E-state index contributed by atoms with van der Waals surface area (Å²) in [5, 5.41) is -0.479. The van der Waals surface area contributed by atoms with Crippen molar-refractivity contribution in [1.82, 2.24) is 0 Å². The largest absolute Gasteiger partial charge is 0.540 e. The highest BCUT2D eigenvalue weighted by Gasteiger charge is 2.47. The van der Waals surface area contributed by atoms with Crippen LogP contribution in [0.1, 0.15) is 51.9 Å². The Morgan fingerprint density at radius 2 is 1.52 bits per heavy atom. The van der Waals surface area contributed by atoms with E-state index in [1.165, 1.54) is 0 Å². The molecule has 3 nitrogen and oxygen atoms in total. The van der Waals surface area contributed by atoms with Crippen LogP contribution in [0.25, 0.3) is 0 Å². The molecule has 0 N–H and O–H groups in total. The first kappa shape index (κ1) is 20.8. The number of halogens is 2. The molecule has 0 amide bonds. The van der Waals surface area contributed by atoms with Gasteiger partial charge >= 0.3 is 0 Å². The lowest BCUT2D eigenvalue weighted by atomic mass is 10.2. The second kappa shape index (κ2) is 8.21. The summed E-state index contributed by atoms with van der Waals surface area (Å²) in [6.45, 7) is 13.3. The van der Waals surface area contributed by atoms with Gasteiger partial charge < -0.3 is 9.16 Å². The minimum Gasteiger partial charge on any atom is -0.540 e. The Morgan fingerprint density at radius 3 is 1.87 bits per heavy atom. The predicted octanol–water partition coefficient (Wildman–Crippen LogP) is 6.23. The van der Waals surface area contributed by atoms with Crippen molar-refractivity contribution >= 4 is 47.8 Å². The van der Waals surface area contributed by atoms with E-state index in [1.54, 1.807) is 13.2 Å². The first-order chi connectivity index (χ1) is 10.6. The maximum absolute atomic E-state index is 11.7. The molecule has 0 unspecified atom stereocenters. The third-order valence-electron chi connectivity index (χ3n) is 4.46. The molecule has 0 aliphatic heterocycles. The fourth-order valence-electron chi connectivity index (χ4n) is 3.47. The number of carbonyl (C=O) groups is 1. The van der Waals surface area contributed by atoms with Crippen LogP contribution >= 0.6 is 34.2 Å². The lowest BCUT2D eigenvalue weighted by Gasteiger charge is -2.42. The normalized spacial score (nSPS) is 12.2. The predicted molar refractivity (Wildman–Crippen MR) is 108 cm³/mol. The van der Waals surface area contributed by atoms with E-state index in [4.69, 9.17) is 20.8 Å². The van der Waals surface area contributed by atoms with Gasteiger partial charge in [-0.05, 0) is 62.9 Å². The van der Waals surface area contributed by atoms with Gasteiger partial charge in [0, 0.05) is 3.57 Å². The van der Waals surface area contributed by atoms with Crippen molar-refractivity contribution in [1.29, 1.82) is 0 Å². The second-order valence-corrected chi connectivity index (χ2v) is 13.6. The van der Waals surface area contributed by atoms with E-state index in [-0.39, 0.29) is 0 Å². The minimum atomic E-state index is -2.13. The number of rotatable bonds is 7. The molecule has 0 radical (unpaired) electrons. The molecule has 0 heterocycles. The average Bonchev–Trinajstić information content (AvgIpc) is 2.43. The Kier molecular flexibility index (Phi) is 7.41. The Labute approximate surface area is 159 Å². The first-order valence-electron chi connectivity index (χ1n) is 7.84. The van der Waals surface area contributed by atoms with Gasteiger partial charge in [0.15, 0.2) is 5.75 Å². The Bertz CT molecular complexity index is 551. The standard InChI is InChI=1S/C17H26ClIO3Si/c1-10(2)23(11(3)4,12(5)6)22-16-8-13(17(18)20)14(19)9-15(16)21-7/h8-12H,1-7H3. The van der Waals surface area contributed by atoms with Gasteiger partial charge in [0.25, 0.3) is 13.6 Å². The third kappa shape index (κ3) is 4.23. The SMILES string of the molecule is COc1cc(I)c(C(=O)Cl)cc1O[Si](C(C)C)(C(C)C)C(C)C. The summed E-state index contributed by atoms with van der Waals surface area (Å²) in [7, 11) is -0.513. The Hall–Kier alpha value is -0.273. The van der Waals surface area contributed by atoms with Crippen molar-refractivity contribution < 1.29 is 14.0 Å². The highest BCUT2D eigenvalue weighted by Crippen LogP contribution is 2.45. The van der Waals surface area contributed by atoms with Crippen molar-refractivity contribution in [2.75, 3.05) is 7.11 Å². The van der Waals surface area contributed by atoms with Crippen molar-refractivity contribution in [3.63, 3.8) is 0 Å². The molecular formula is C17H26ClIO3Si. The highest BCUT2D eigenvalue weighted by atomic mass is 127. The zero-order valence-electron chi connectivity index (χ0n) is 14.9. The van der Waals surface area contributed by atoms with Crippen LogP contribution in [0.2, 0.25) is 16.6 Å². The Balaban J connectivity index is 3.49. The fourth-order valence-corrected chi connectivity index (χ4v) is 9.72. The Morgan fingerprint density at radius 1 is 1.04 bits per heavy atom. The van der Waals surface area contributed by atoms with Crippen molar-refractivity contribution in [3.05, 3.63) is 21.3 Å². The van der Waals surface area contributed by atoms with Gasteiger partial charge in [0.1, 0.15) is 5.75 Å². The first-order valence-corrected chi connectivity index (χ1v) is 11.4. The fraction of sp³-hybridized carbons (Fsp3) is 0.588. The lowest BCUT2D eigenvalue weighted by molar-refractivity contribution is 0.108. The summed E-state index contributed by atoms with van der Waals surface area (Å²) in [5.74, 6) is 1.27. The molecule has 0 bridgehead atoms. The van der Waals surface area contributed by atoms with Crippen molar-refractivity contribution in [3.8, 4) is 11.5 Å². The summed E-state index contributed by atoms with van der Waals surface area (Å²) >= 11 is 7.80. The number of methoxy groups -OCH3 is 1. The summed E-state index contributed by atoms with van der Waals surface area (Å²) in [5.41, 5.74) is 1.76. The van der Waals surface area contributed by atoms with E-state index in [1.807, 2.05) is 6.07 Å². The van der Waals surface area contributed by atoms with E-state index in [2.05, 4.69) is 64.1 Å². The van der Waals surface area contributed by atoms with E-state index >= 15 is 0 Å². The molecule has 0 spiro atoms. The number of ether oxygens (including phenoxy) is 1. The van der Waals surface area contributed by atoms with Gasteiger partial charge in [-0.3, -0.25) is 4.79 Å². The maximum Gasteiger partial charge on any atom is 0.258 e. The van der Waals surface area contributed by atoms with Crippen molar-refractivity contribution in [2.45, 2.75) is 58.2 Å². The number of carbonyl (C=O) groups excluding carboxylic acids is 1. The molecule has 0 aliphatic carbocycles. The van der Waals surface area contributed by atoms with Crippen LogP contribution in [-0.2, 0) is 0 Å². The summed E-state index contributed by atoms with van der Waals surface area (Å²) in [6.07, 6.45) is 0. The van der Waals surface area contributed by atoms with Gasteiger partial charge in [-0.1, -0.05) is 41.5 Å². The molecule has 6 heteroatoms. The molecule has 1 aromatic carbocycles. The smallest absolute Gasteiger partial charge is 0.258 e. The zero-order valence-corrected chi connectivity index (χ0v) is 18.8. The summed E-state index contributed by atoms with van der Waals surface area (Å²) < 4.78 is 12.9. The molecule has 0 aliphatic rings. The van der Waals surface area contributed by atoms with Crippen molar-refractivity contribution in [2.24, 2.45) is 0 Å². The van der Waals surface area contributed by atoms with E-state index < -0.39 is 13.6 Å². The molecule has 0 saturated heterocycles. The molecule has 0 fully saturated rings. The van der Waals surface area contributed by atoms with Crippen LogP contribution in [0.4, 0.5) is 0 Å². The van der Waals surface area contributed by atoms with E-state index in [0.29, 0.717) is 33.7 Å². The maximum atomic E-state index is 11.7.